The molecule has 1 saturated carbocycles. The second-order valence-corrected chi connectivity index (χ2v) is 6.42. The van der Waals surface area contributed by atoms with E-state index >= 15 is 0 Å². The fraction of sp³-hybridized carbons (Fsp3) is 0.643. The zero-order valence-corrected chi connectivity index (χ0v) is 13.2. The minimum absolute atomic E-state index is 0.0536. The molecule has 21 heavy (non-hydrogen) atoms. The van der Waals surface area contributed by atoms with Crippen LogP contribution in [0, 0.1) is 12.8 Å². The minimum atomic E-state index is -0.777. The highest BCUT2D eigenvalue weighted by atomic mass is 35.5. The molecule has 2 heterocycles. The number of piperazine rings is 1. The molecule has 0 spiro atoms. The number of rotatable bonds is 3. The molecule has 1 aromatic rings. The van der Waals surface area contributed by atoms with Gasteiger partial charge in [0.25, 0.3) is 0 Å². The maximum Gasteiger partial charge on any atom is 0.246 e. The summed E-state index contributed by atoms with van der Waals surface area (Å²) >= 11 is 6.27. The third-order valence-corrected chi connectivity index (χ3v) is 5.15. The Kier molecular flexibility index (Phi) is 3.24. The first-order valence-corrected chi connectivity index (χ1v) is 7.50. The third-order valence-electron chi connectivity index (χ3n) is 4.68. The molecule has 3 rings (SSSR count). The van der Waals surface area contributed by atoms with Crippen molar-refractivity contribution in [2.24, 2.45) is 13.0 Å². The van der Waals surface area contributed by atoms with Crippen molar-refractivity contribution >= 4 is 23.4 Å². The van der Waals surface area contributed by atoms with Crippen LogP contribution in [0.4, 0.5) is 0 Å². The summed E-state index contributed by atoms with van der Waals surface area (Å²) in [6.45, 7) is 4.11. The van der Waals surface area contributed by atoms with Crippen LogP contribution in [0.2, 0.25) is 5.15 Å². The average Bonchev–Trinajstić information content (AvgIpc) is 3.24. The highest BCUT2D eigenvalue weighted by Crippen LogP contribution is 2.45. The van der Waals surface area contributed by atoms with E-state index in [0.717, 1.165) is 24.1 Å². The Bertz CT molecular complexity index is 623. The lowest BCUT2D eigenvalue weighted by Gasteiger charge is -2.44. The minimum Gasteiger partial charge on any atom is -0.345 e. The van der Waals surface area contributed by atoms with Gasteiger partial charge >= 0.3 is 0 Å². The van der Waals surface area contributed by atoms with Crippen molar-refractivity contribution in [3.05, 3.63) is 16.4 Å². The van der Waals surface area contributed by atoms with E-state index in [1.165, 1.54) is 0 Å². The topological polar surface area (TPSA) is 67.2 Å². The van der Waals surface area contributed by atoms with E-state index in [4.69, 9.17) is 11.6 Å². The van der Waals surface area contributed by atoms with Crippen LogP contribution in [0.25, 0.3) is 0 Å². The monoisotopic (exact) mass is 310 g/mol. The first-order chi connectivity index (χ1) is 9.85. The van der Waals surface area contributed by atoms with Gasteiger partial charge in [0.15, 0.2) is 0 Å². The Labute approximate surface area is 128 Å². The number of nitrogens with zero attached hydrogens (tertiary/aromatic N) is 3. The van der Waals surface area contributed by atoms with Gasteiger partial charge in [-0.2, -0.15) is 5.10 Å². The second kappa shape index (κ2) is 4.73. The summed E-state index contributed by atoms with van der Waals surface area (Å²) in [5, 5.41) is 7.50. The molecule has 7 heteroatoms. The van der Waals surface area contributed by atoms with Crippen LogP contribution in [0.5, 0.6) is 0 Å². The quantitative estimate of drug-likeness (QED) is 0.906. The molecule has 0 radical (unpaired) electrons. The van der Waals surface area contributed by atoms with Gasteiger partial charge in [0.1, 0.15) is 10.7 Å². The lowest BCUT2D eigenvalue weighted by Crippen LogP contribution is -2.66. The van der Waals surface area contributed by atoms with Crippen LogP contribution in [-0.2, 0) is 23.2 Å². The summed E-state index contributed by atoms with van der Waals surface area (Å²) in [6.07, 6.45) is 1.96. The van der Waals surface area contributed by atoms with E-state index in [1.54, 1.807) is 16.6 Å². The Hall–Kier alpha value is -1.56. The fourth-order valence-corrected chi connectivity index (χ4v) is 3.36. The molecular formula is C14H19ClN4O2. The lowest BCUT2D eigenvalue weighted by molar-refractivity contribution is -0.155. The molecule has 2 aliphatic rings. The Balaban J connectivity index is 1.97. The number of halogens is 1. The van der Waals surface area contributed by atoms with Crippen molar-refractivity contribution in [2.45, 2.75) is 38.8 Å². The maximum absolute atomic E-state index is 12.4. The molecule has 1 saturated heterocycles. The lowest BCUT2D eigenvalue weighted by atomic mass is 9.89. The summed E-state index contributed by atoms with van der Waals surface area (Å²) in [5.41, 5.74) is 0.828. The third kappa shape index (κ3) is 2.12. The van der Waals surface area contributed by atoms with Crippen molar-refractivity contribution in [3.63, 3.8) is 0 Å². The van der Waals surface area contributed by atoms with E-state index in [1.807, 2.05) is 13.8 Å². The van der Waals surface area contributed by atoms with E-state index < -0.39 is 5.54 Å². The Morgan fingerprint density at radius 1 is 1.43 bits per heavy atom. The first kappa shape index (κ1) is 14.4. The predicted molar refractivity (Wildman–Crippen MR) is 77.6 cm³/mol. The van der Waals surface area contributed by atoms with Crippen LogP contribution >= 0.6 is 11.6 Å². The molecule has 1 aliphatic carbocycles. The van der Waals surface area contributed by atoms with Gasteiger partial charge in [-0.15, -0.1) is 0 Å². The average molecular weight is 311 g/mol. The van der Waals surface area contributed by atoms with Crippen LogP contribution < -0.4 is 5.32 Å². The van der Waals surface area contributed by atoms with Gasteiger partial charge < -0.3 is 10.2 Å². The molecule has 0 bridgehead atoms. The van der Waals surface area contributed by atoms with Crippen molar-refractivity contribution in [2.75, 3.05) is 6.54 Å². The van der Waals surface area contributed by atoms with Crippen LogP contribution in [0.15, 0.2) is 0 Å². The number of aryl methyl sites for hydroxylation is 2. The fourth-order valence-electron chi connectivity index (χ4n) is 3.13. The largest absolute Gasteiger partial charge is 0.345 e. The molecule has 1 unspecified atom stereocenters. The van der Waals surface area contributed by atoms with E-state index in [2.05, 4.69) is 10.4 Å². The molecule has 6 nitrogen and oxygen atoms in total. The number of hydrogen-bond acceptors (Lipinski definition) is 3. The number of nitrogens with one attached hydrogen (secondary N) is 1. The van der Waals surface area contributed by atoms with Gasteiger partial charge in [0.05, 0.1) is 18.8 Å². The van der Waals surface area contributed by atoms with Gasteiger partial charge in [-0.3, -0.25) is 14.3 Å². The molecule has 0 aromatic carbocycles. The van der Waals surface area contributed by atoms with E-state index in [9.17, 15) is 9.59 Å². The molecule has 2 fully saturated rings. The smallest absolute Gasteiger partial charge is 0.246 e. The van der Waals surface area contributed by atoms with Gasteiger partial charge in [0, 0.05) is 12.6 Å². The second-order valence-electron chi connectivity index (χ2n) is 6.06. The zero-order valence-electron chi connectivity index (χ0n) is 12.4. The SMILES string of the molecule is Cc1nn(C)c(Cl)c1CN1C(=O)CNC(=O)C1(C)C1CC1. The standard InChI is InChI=1S/C14H19ClN4O2/c1-8-10(12(15)18(3)17-8)7-19-11(20)6-16-13(21)14(19,2)9-4-5-9/h9H,4-7H2,1-3H3,(H,16,21). The molecule has 1 atom stereocenters. The van der Waals surface area contributed by atoms with Crippen LogP contribution in [0.1, 0.15) is 31.0 Å². The normalized spacial score (nSPS) is 26.2. The zero-order chi connectivity index (χ0) is 15.4. The molecule has 1 N–H and O–H groups in total. The number of aromatic nitrogens is 2. The molecule has 2 amide bonds. The highest BCUT2D eigenvalue weighted by Gasteiger charge is 2.55. The predicted octanol–water partition coefficient (Wildman–Crippen LogP) is 1.01. The molecular weight excluding hydrogens is 292 g/mol. The summed E-state index contributed by atoms with van der Waals surface area (Å²) in [7, 11) is 1.77. The van der Waals surface area contributed by atoms with Gasteiger partial charge in [0.2, 0.25) is 11.8 Å². The number of carbonyl (C=O) groups excluding carboxylic acids is 2. The molecule has 114 valence electrons. The van der Waals surface area contributed by atoms with Crippen LogP contribution in [-0.4, -0.2) is 38.6 Å². The van der Waals surface area contributed by atoms with Crippen molar-refractivity contribution < 1.29 is 9.59 Å². The Morgan fingerprint density at radius 2 is 2.10 bits per heavy atom. The van der Waals surface area contributed by atoms with Crippen LogP contribution in [0.3, 0.4) is 0 Å². The van der Waals surface area contributed by atoms with Gasteiger partial charge in [-0.25, -0.2) is 0 Å². The van der Waals surface area contributed by atoms with Crippen molar-refractivity contribution in [1.29, 1.82) is 0 Å². The maximum atomic E-state index is 12.4. The molecule has 1 aliphatic heterocycles. The summed E-state index contributed by atoms with van der Waals surface area (Å²) in [4.78, 5) is 26.4. The Morgan fingerprint density at radius 3 is 2.62 bits per heavy atom. The van der Waals surface area contributed by atoms with Crippen molar-refractivity contribution in [3.8, 4) is 0 Å². The summed E-state index contributed by atoms with van der Waals surface area (Å²) < 4.78 is 1.59. The van der Waals surface area contributed by atoms with E-state index in [0.29, 0.717) is 11.7 Å². The number of carbonyl (C=O) groups is 2. The van der Waals surface area contributed by atoms with Gasteiger partial charge in [-0.1, -0.05) is 11.6 Å². The first-order valence-electron chi connectivity index (χ1n) is 7.12. The van der Waals surface area contributed by atoms with E-state index in [-0.39, 0.29) is 24.3 Å². The summed E-state index contributed by atoms with van der Waals surface area (Å²) in [5.74, 6) is 0.100. The molecule has 1 aromatic heterocycles. The highest BCUT2D eigenvalue weighted by molar-refractivity contribution is 6.30. The van der Waals surface area contributed by atoms with Crippen molar-refractivity contribution in [1.82, 2.24) is 20.0 Å². The van der Waals surface area contributed by atoms with Gasteiger partial charge in [-0.05, 0) is 32.6 Å². The summed E-state index contributed by atoms with van der Waals surface area (Å²) in [6, 6.07) is 0. The number of hydrogen-bond donors (Lipinski definition) is 1. The number of amides is 2.